The Balaban J connectivity index is 1.54. The lowest BCUT2D eigenvalue weighted by atomic mass is 10.1. The zero-order chi connectivity index (χ0) is 26.7. The van der Waals surface area contributed by atoms with Crippen molar-refractivity contribution >= 4 is 27.3 Å². The summed E-state index contributed by atoms with van der Waals surface area (Å²) in [5, 5.41) is 0.159. The van der Waals surface area contributed by atoms with Gasteiger partial charge in [0.05, 0.1) is 23.5 Å². The number of hydrogen-bond donors (Lipinski definition) is 0. The predicted molar refractivity (Wildman–Crippen MR) is 143 cm³/mol. The van der Waals surface area contributed by atoms with Crippen LogP contribution in [0.4, 0.5) is 10.1 Å². The zero-order valence-corrected chi connectivity index (χ0v) is 22.9. The quantitative estimate of drug-likeness (QED) is 0.416. The smallest absolute Gasteiger partial charge is 0.269 e. The van der Waals surface area contributed by atoms with Crippen LogP contribution in [-0.2, 0) is 16.6 Å². The first kappa shape index (κ1) is 27.3. The minimum absolute atomic E-state index is 0.0715. The maximum Gasteiger partial charge on any atom is 0.269 e. The molecule has 0 unspecified atom stereocenters. The third kappa shape index (κ3) is 6.04. The molecule has 3 heterocycles. The maximum absolute atomic E-state index is 15.2. The molecule has 0 bridgehead atoms. The minimum atomic E-state index is -4.07. The van der Waals surface area contributed by atoms with E-state index in [2.05, 4.69) is 33.6 Å². The summed E-state index contributed by atoms with van der Waals surface area (Å²) in [6, 6.07) is 9.99. The summed E-state index contributed by atoms with van der Waals surface area (Å²) < 4.78 is 48.0. The van der Waals surface area contributed by atoms with Crippen LogP contribution >= 0.6 is 11.6 Å². The lowest BCUT2D eigenvalue weighted by molar-refractivity contribution is 0.104. The molecule has 0 radical (unpaired) electrons. The molecule has 0 N–H and O–H groups in total. The summed E-state index contributed by atoms with van der Waals surface area (Å²) in [6.45, 7) is 8.96. The molecule has 4 rings (SSSR count). The van der Waals surface area contributed by atoms with Crippen molar-refractivity contribution in [3.63, 3.8) is 0 Å². The molecular formula is C26H31ClFN5O3S. The molecule has 1 aromatic carbocycles. The largest absolute Gasteiger partial charge is 0.480 e. The monoisotopic (exact) mass is 547 g/mol. The summed E-state index contributed by atoms with van der Waals surface area (Å²) in [4.78, 5) is 12.8. The normalized spacial score (nSPS) is 15.2. The number of hydrogen-bond acceptors (Lipinski definition) is 7. The molecule has 0 aliphatic carbocycles. The van der Waals surface area contributed by atoms with E-state index in [0.717, 1.165) is 36.0 Å². The number of ether oxygens (including phenoxy) is 1. The van der Waals surface area contributed by atoms with E-state index in [4.69, 9.17) is 16.3 Å². The number of methoxy groups -OCH3 is 1. The molecule has 2 aromatic heterocycles. The van der Waals surface area contributed by atoms with Crippen LogP contribution in [0.15, 0.2) is 53.7 Å². The van der Waals surface area contributed by atoms with Crippen LogP contribution in [0.2, 0.25) is 5.02 Å². The van der Waals surface area contributed by atoms with Crippen molar-refractivity contribution in [2.75, 3.05) is 44.6 Å². The van der Waals surface area contributed by atoms with Gasteiger partial charge in [0, 0.05) is 63.8 Å². The van der Waals surface area contributed by atoms with E-state index < -0.39 is 15.8 Å². The van der Waals surface area contributed by atoms with Gasteiger partial charge in [-0.25, -0.2) is 17.8 Å². The highest BCUT2D eigenvalue weighted by atomic mass is 35.5. The van der Waals surface area contributed by atoms with Crippen LogP contribution in [0.25, 0.3) is 11.3 Å². The molecule has 37 heavy (non-hydrogen) atoms. The topological polar surface area (TPSA) is 78.9 Å². The second kappa shape index (κ2) is 11.3. The molecular weight excluding hydrogens is 517 g/mol. The highest BCUT2D eigenvalue weighted by Gasteiger charge is 2.27. The van der Waals surface area contributed by atoms with Crippen LogP contribution < -0.4 is 9.04 Å². The Morgan fingerprint density at radius 3 is 2.49 bits per heavy atom. The van der Waals surface area contributed by atoms with E-state index in [1.54, 1.807) is 6.07 Å². The highest BCUT2D eigenvalue weighted by molar-refractivity contribution is 7.92. The van der Waals surface area contributed by atoms with Gasteiger partial charge in [0.2, 0.25) is 5.88 Å². The standard InChI is InChI=1S/C26H31ClFN5O3S/c1-18(2)33-11-9-32(10-12-33)17-19-5-6-22(23(28)13-19)24-15-21(7-8-29-24)31(3)37(34,35)25-14-20(27)16-30-26(25)36-4/h5-8,13-16,18H,9-12,17H2,1-4H3. The molecule has 0 saturated carbocycles. The van der Waals surface area contributed by atoms with Crippen LogP contribution in [0.5, 0.6) is 5.88 Å². The molecule has 1 aliphatic rings. The van der Waals surface area contributed by atoms with Crippen molar-refractivity contribution in [2.45, 2.75) is 31.3 Å². The third-order valence-corrected chi connectivity index (χ3v) is 8.56. The zero-order valence-electron chi connectivity index (χ0n) is 21.4. The molecule has 0 amide bonds. The lowest BCUT2D eigenvalue weighted by Gasteiger charge is -2.36. The molecule has 1 saturated heterocycles. The fourth-order valence-corrected chi connectivity index (χ4v) is 5.90. The Morgan fingerprint density at radius 1 is 1.11 bits per heavy atom. The van der Waals surface area contributed by atoms with Crippen LogP contribution in [0, 0.1) is 5.82 Å². The lowest BCUT2D eigenvalue weighted by Crippen LogP contribution is -2.48. The van der Waals surface area contributed by atoms with Crippen molar-refractivity contribution in [3.05, 3.63) is 65.2 Å². The average Bonchev–Trinajstić information content (AvgIpc) is 2.88. The summed E-state index contributed by atoms with van der Waals surface area (Å²) >= 11 is 5.99. The molecule has 0 spiro atoms. The van der Waals surface area contributed by atoms with Gasteiger partial charge in [0.1, 0.15) is 5.82 Å². The molecule has 8 nitrogen and oxygen atoms in total. The van der Waals surface area contributed by atoms with Crippen molar-refractivity contribution in [2.24, 2.45) is 0 Å². The summed E-state index contributed by atoms with van der Waals surface area (Å²) in [5.41, 5.74) is 1.81. The van der Waals surface area contributed by atoms with Crippen molar-refractivity contribution < 1.29 is 17.5 Å². The second-order valence-electron chi connectivity index (χ2n) is 9.25. The first-order valence-corrected chi connectivity index (χ1v) is 13.8. The predicted octanol–water partition coefficient (Wildman–Crippen LogP) is 4.30. The van der Waals surface area contributed by atoms with E-state index in [0.29, 0.717) is 29.5 Å². The minimum Gasteiger partial charge on any atom is -0.480 e. The van der Waals surface area contributed by atoms with Crippen molar-refractivity contribution in [3.8, 4) is 17.1 Å². The molecule has 0 atom stereocenters. The van der Waals surface area contributed by atoms with Gasteiger partial charge in [-0.2, -0.15) is 0 Å². The Morgan fingerprint density at radius 2 is 1.84 bits per heavy atom. The van der Waals surface area contributed by atoms with Gasteiger partial charge < -0.3 is 4.74 Å². The molecule has 1 fully saturated rings. The van der Waals surface area contributed by atoms with Gasteiger partial charge in [-0.3, -0.25) is 19.1 Å². The average molecular weight is 548 g/mol. The van der Waals surface area contributed by atoms with Crippen LogP contribution in [0.1, 0.15) is 19.4 Å². The van der Waals surface area contributed by atoms with E-state index in [9.17, 15) is 8.42 Å². The summed E-state index contributed by atoms with van der Waals surface area (Å²) in [7, 11) is -1.34. The van der Waals surface area contributed by atoms with Gasteiger partial charge in [-0.05, 0) is 49.7 Å². The second-order valence-corrected chi connectivity index (χ2v) is 11.6. The Kier molecular flexibility index (Phi) is 8.33. The van der Waals surface area contributed by atoms with Crippen molar-refractivity contribution in [1.82, 2.24) is 19.8 Å². The number of benzene rings is 1. The molecule has 1 aliphatic heterocycles. The Labute approximate surface area is 222 Å². The number of nitrogens with zero attached hydrogens (tertiary/aromatic N) is 5. The SMILES string of the molecule is COc1ncc(Cl)cc1S(=O)(=O)N(C)c1ccnc(-c2ccc(CN3CCN(C(C)C)CC3)cc2F)c1. The summed E-state index contributed by atoms with van der Waals surface area (Å²) in [5.74, 6) is -0.480. The molecule has 3 aromatic rings. The Bertz CT molecular complexity index is 1360. The first-order valence-electron chi connectivity index (χ1n) is 12.0. The number of sulfonamides is 1. The maximum atomic E-state index is 15.2. The van der Waals surface area contributed by atoms with Gasteiger partial charge >= 0.3 is 0 Å². The summed E-state index contributed by atoms with van der Waals surface area (Å²) in [6.07, 6.45) is 2.76. The van der Waals surface area contributed by atoms with Gasteiger partial charge in [0.15, 0.2) is 4.90 Å². The van der Waals surface area contributed by atoms with E-state index >= 15 is 4.39 Å². The van der Waals surface area contributed by atoms with Gasteiger partial charge in [0.25, 0.3) is 10.0 Å². The first-order chi connectivity index (χ1) is 17.6. The number of halogens is 2. The van der Waals surface area contributed by atoms with Gasteiger partial charge in [-0.1, -0.05) is 17.7 Å². The molecule has 198 valence electrons. The third-order valence-electron chi connectivity index (χ3n) is 6.58. The van der Waals surface area contributed by atoms with Crippen molar-refractivity contribution in [1.29, 1.82) is 0 Å². The van der Waals surface area contributed by atoms with Crippen LogP contribution in [-0.4, -0.2) is 74.6 Å². The molecule has 11 heteroatoms. The van der Waals surface area contributed by atoms with E-state index in [1.165, 1.54) is 50.8 Å². The number of piperazine rings is 1. The van der Waals surface area contributed by atoms with E-state index in [1.807, 2.05) is 6.07 Å². The number of rotatable bonds is 8. The highest BCUT2D eigenvalue weighted by Crippen LogP contribution is 2.31. The Hall–Kier alpha value is -2.79. The number of pyridine rings is 2. The fraction of sp³-hybridized carbons (Fsp3) is 0.385. The fourth-order valence-electron chi connectivity index (χ4n) is 4.36. The van der Waals surface area contributed by atoms with Crippen LogP contribution in [0.3, 0.4) is 0 Å². The number of aromatic nitrogens is 2. The van der Waals surface area contributed by atoms with E-state index in [-0.39, 0.29) is 15.8 Å². The van der Waals surface area contributed by atoms with Gasteiger partial charge in [-0.15, -0.1) is 0 Å². The number of anilines is 1.